The predicted molar refractivity (Wildman–Crippen MR) is 110 cm³/mol. The Morgan fingerprint density at radius 3 is 1.93 bits per heavy atom. The highest BCUT2D eigenvalue weighted by molar-refractivity contribution is 5.92. The van der Waals surface area contributed by atoms with E-state index in [1.807, 2.05) is 48.5 Å². The molecule has 0 spiro atoms. The Bertz CT molecular complexity index is 897. The SMILES string of the molecule is O=C(CCNC(=O)Nc1ccccc1)Nc1ccc(Oc2ccccc2)cc1. The molecule has 0 aliphatic carbocycles. The lowest BCUT2D eigenvalue weighted by Crippen LogP contribution is -2.31. The number of para-hydroxylation sites is 2. The van der Waals surface area contributed by atoms with Crippen LogP contribution in [0.15, 0.2) is 84.9 Å². The van der Waals surface area contributed by atoms with Gasteiger partial charge in [0.25, 0.3) is 0 Å². The lowest BCUT2D eigenvalue weighted by molar-refractivity contribution is -0.116. The van der Waals surface area contributed by atoms with E-state index in [9.17, 15) is 9.59 Å². The van der Waals surface area contributed by atoms with Crippen LogP contribution in [0, 0.1) is 0 Å². The van der Waals surface area contributed by atoms with Crippen LogP contribution in [0.2, 0.25) is 0 Å². The van der Waals surface area contributed by atoms with Gasteiger partial charge in [0, 0.05) is 24.3 Å². The molecule has 0 saturated carbocycles. The molecule has 0 unspecified atom stereocenters. The number of carbonyl (C=O) groups is 2. The molecule has 0 aromatic heterocycles. The molecule has 28 heavy (non-hydrogen) atoms. The third-order valence-corrected chi connectivity index (χ3v) is 3.79. The van der Waals surface area contributed by atoms with Crippen molar-refractivity contribution in [2.75, 3.05) is 17.2 Å². The Balaban J connectivity index is 1.39. The number of urea groups is 1. The standard InChI is InChI=1S/C22H21N3O3/c26-21(15-16-23-22(27)25-17-7-3-1-4-8-17)24-18-11-13-20(14-12-18)28-19-9-5-2-6-10-19/h1-14H,15-16H2,(H,24,26)(H2,23,25,27). The molecule has 0 bridgehead atoms. The molecule has 3 aromatic carbocycles. The third kappa shape index (κ3) is 6.17. The predicted octanol–water partition coefficient (Wildman–Crippen LogP) is 4.63. The molecule has 3 amide bonds. The number of hydrogen-bond acceptors (Lipinski definition) is 3. The van der Waals surface area contributed by atoms with Crippen LogP contribution in [0.5, 0.6) is 11.5 Å². The van der Waals surface area contributed by atoms with Gasteiger partial charge in [0.2, 0.25) is 5.91 Å². The maximum Gasteiger partial charge on any atom is 0.319 e. The van der Waals surface area contributed by atoms with Gasteiger partial charge in [-0.25, -0.2) is 4.79 Å². The molecule has 3 rings (SSSR count). The van der Waals surface area contributed by atoms with Crippen molar-refractivity contribution in [3.05, 3.63) is 84.9 Å². The van der Waals surface area contributed by atoms with E-state index in [1.54, 1.807) is 36.4 Å². The molecule has 142 valence electrons. The van der Waals surface area contributed by atoms with Crippen molar-refractivity contribution >= 4 is 23.3 Å². The summed E-state index contributed by atoms with van der Waals surface area (Å²) in [4.78, 5) is 23.8. The number of rotatable bonds is 7. The van der Waals surface area contributed by atoms with E-state index in [2.05, 4.69) is 16.0 Å². The highest BCUT2D eigenvalue weighted by Crippen LogP contribution is 2.22. The number of carbonyl (C=O) groups excluding carboxylic acids is 2. The van der Waals surface area contributed by atoms with E-state index in [1.165, 1.54) is 0 Å². The zero-order valence-electron chi connectivity index (χ0n) is 15.2. The summed E-state index contributed by atoms with van der Waals surface area (Å²) >= 11 is 0. The quantitative estimate of drug-likeness (QED) is 0.563. The fraction of sp³-hybridized carbons (Fsp3) is 0.0909. The second-order valence-electron chi connectivity index (χ2n) is 5.98. The maximum atomic E-state index is 12.0. The van der Waals surface area contributed by atoms with Crippen molar-refractivity contribution in [1.29, 1.82) is 0 Å². The van der Waals surface area contributed by atoms with Gasteiger partial charge in [-0.3, -0.25) is 4.79 Å². The van der Waals surface area contributed by atoms with Crippen LogP contribution >= 0.6 is 0 Å². The fourth-order valence-electron chi connectivity index (χ4n) is 2.44. The molecule has 6 heteroatoms. The summed E-state index contributed by atoms with van der Waals surface area (Å²) < 4.78 is 5.71. The highest BCUT2D eigenvalue weighted by atomic mass is 16.5. The molecular weight excluding hydrogens is 354 g/mol. The number of hydrogen-bond donors (Lipinski definition) is 3. The number of benzene rings is 3. The summed E-state index contributed by atoms with van der Waals surface area (Å²) in [6, 6.07) is 25.3. The minimum atomic E-state index is -0.346. The van der Waals surface area contributed by atoms with E-state index in [-0.39, 0.29) is 24.9 Å². The first-order chi connectivity index (χ1) is 13.7. The first-order valence-corrected chi connectivity index (χ1v) is 8.92. The summed E-state index contributed by atoms with van der Waals surface area (Å²) in [6.07, 6.45) is 0.171. The largest absolute Gasteiger partial charge is 0.457 e. The fourth-order valence-corrected chi connectivity index (χ4v) is 2.44. The lowest BCUT2D eigenvalue weighted by atomic mass is 10.3. The molecule has 0 aliphatic rings. The second-order valence-corrected chi connectivity index (χ2v) is 5.98. The topological polar surface area (TPSA) is 79.5 Å². The van der Waals surface area contributed by atoms with Gasteiger partial charge in [0.05, 0.1) is 0 Å². The lowest BCUT2D eigenvalue weighted by Gasteiger charge is -2.09. The van der Waals surface area contributed by atoms with Crippen LogP contribution in [0.25, 0.3) is 0 Å². The number of ether oxygens (including phenoxy) is 1. The zero-order chi connectivity index (χ0) is 19.6. The zero-order valence-corrected chi connectivity index (χ0v) is 15.2. The van der Waals surface area contributed by atoms with Gasteiger partial charge in [-0.15, -0.1) is 0 Å². The number of nitrogens with one attached hydrogen (secondary N) is 3. The molecule has 0 radical (unpaired) electrons. The summed E-state index contributed by atoms with van der Waals surface area (Å²) in [7, 11) is 0. The van der Waals surface area contributed by atoms with Gasteiger partial charge < -0.3 is 20.7 Å². The van der Waals surface area contributed by atoms with Gasteiger partial charge in [0.1, 0.15) is 11.5 Å². The highest BCUT2D eigenvalue weighted by Gasteiger charge is 2.05. The van der Waals surface area contributed by atoms with Crippen LogP contribution in [0.4, 0.5) is 16.2 Å². The van der Waals surface area contributed by atoms with Crippen LogP contribution in [-0.4, -0.2) is 18.5 Å². The van der Waals surface area contributed by atoms with Gasteiger partial charge in [-0.05, 0) is 48.5 Å². The Hall–Kier alpha value is -3.80. The third-order valence-electron chi connectivity index (χ3n) is 3.79. The monoisotopic (exact) mass is 375 g/mol. The molecular formula is C22H21N3O3. The van der Waals surface area contributed by atoms with Crippen molar-refractivity contribution in [3.63, 3.8) is 0 Å². The molecule has 0 aliphatic heterocycles. The van der Waals surface area contributed by atoms with Crippen molar-refractivity contribution < 1.29 is 14.3 Å². The van der Waals surface area contributed by atoms with Crippen molar-refractivity contribution in [2.24, 2.45) is 0 Å². The van der Waals surface area contributed by atoms with Crippen molar-refractivity contribution in [3.8, 4) is 11.5 Å². The molecule has 0 heterocycles. The van der Waals surface area contributed by atoms with Crippen LogP contribution < -0.4 is 20.7 Å². The van der Waals surface area contributed by atoms with E-state index in [4.69, 9.17) is 4.74 Å². The Morgan fingerprint density at radius 1 is 0.679 bits per heavy atom. The average Bonchev–Trinajstić information content (AvgIpc) is 2.71. The number of amides is 3. The minimum Gasteiger partial charge on any atom is -0.457 e. The van der Waals surface area contributed by atoms with E-state index < -0.39 is 0 Å². The molecule has 0 atom stereocenters. The summed E-state index contributed by atoms with van der Waals surface area (Å²) in [5.41, 5.74) is 1.36. The van der Waals surface area contributed by atoms with Gasteiger partial charge in [-0.1, -0.05) is 36.4 Å². The van der Waals surface area contributed by atoms with Crippen molar-refractivity contribution in [1.82, 2.24) is 5.32 Å². The molecule has 0 saturated heterocycles. The van der Waals surface area contributed by atoms with Crippen LogP contribution in [0.3, 0.4) is 0 Å². The number of anilines is 2. The Labute approximate surface area is 163 Å². The van der Waals surface area contributed by atoms with Crippen LogP contribution in [0.1, 0.15) is 6.42 Å². The summed E-state index contributed by atoms with van der Waals surface area (Å²) in [6.45, 7) is 0.236. The van der Waals surface area contributed by atoms with E-state index in [0.717, 1.165) is 5.75 Å². The molecule has 3 N–H and O–H groups in total. The summed E-state index contributed by atoms with van der Waals surface area (Å²) in [5.74, 6) is 1.25. The second kappa shape index (κ2) is 9.78. The normalized spacial score (nSPS) is 10.0. The first-order valence-electron chi connectivity index (χ1n) is 8.92. The van der Waals surface area contributed by atoms with Gasteiger partial charge in [-0.2, -0.15) is 0 Å². The average molecular weight is 375 g/mol. The maximum absolute atomic E-state index is 12.0. The summed E-state index contributed by atoms with van der Waals surface area (Å²) in [5, 5.41) is 8.14. The Morgan fingerprint density at radius 2 is 1.25 bits per heavy atom. The molecule has 3 aromatic rings. The first kappa shape index (κ1) is 19.0. The Kier molecular flexibility index (Phi) is 6.62. The van der Waals surface area contributed by atoms with Gasteiger partial charge >= 0.3 is 6.03 Å². The van der Waals surface area contributed by atoms with Gasteiger partial charge in [0.15, 0.2) is 0 Å². The molecule has 6 nitrogen and oxygen atoms in total. The van der Waals surface area contributed by atoms with E-state index in [0.29, 0.717) is 17.1 Å². The van der Waals surface area contributed by atoms with Crippen LogP contribution in [-0.2, 0) is 4.79 Å². The minimum absolute atomic E-state index is 0.171. The molecule has 0 fully saturated rings. The smallest absolute Gasteiger partial charge is 0.319 e. The van der Waals surface area contributed by atoms with Crippen molar-refractivity contribution in [2.45, 2.75) is 6.42 Å². The van der Waals surface area contributed by atoms with E-state index >= 15 is 0 Å².